The van der Waals surface area contributed by atoms with Gasteiger partial charge in [0.05, 0.1) is 11.3 Å². The van der Waals surface area contributed by atoms with Crippen LogP contribution < -0.4 is 9.88 Å². The molecule has 0 saturated heterocycles. The van der Waals surface area contributed by atoms with Gasteiger partial charge in [0.2, 0.25) is 0 Å². The molecule has 0 aliphatic rings. The Hall–Kier alpha value is -1.07. The first-order chi connectivity index (χ1) is 5.74. The minimum Gasteiger partial charge on any atom is -0.478 e. The average molecular weight is 231 g/mol. The van der Waals surface area contributed by atoms with Crippen molar-refractivity contribution in [3.63, 3.8) is 0 Å². The first-order valence-electron chi connectivity index (χ1n) is 3.19. The largest absolute Gasteiger partial charge is 0.478 e. The molecule has 0 unspecified atom stereocenters. The van der Waals surface area contributed by atoms with Crippen molar-refractivity contribution in [2.24, 2.45) is 0 Å². The molecule has 1 aromatic rings. The van der Waals surface area contributed by atoms with Crippen molar-refractivity contribution >= 4 is 27.8 Å². The molecule has 0 heterocycles. The Balaban J connectivity index is 2.88. The molecule has 4 nitrogen and oxygen atoms in total. The summed E-state index contributed by atoms with van der Waals surface area (Å²) in [6.07, 6.45) is 0. The number of hydrogen-bond donors (Lipinski definition) is 3. The summed E-state index contributed by atoms with van der Waals surface area (Å²) in [5.74, 6) is -0.937. The van der Waals surface area contributed by atoms with Gasteiger partial charge >= 0.3 is 5.97 Å². The number of hydrazine groups is 1. The van der Waals surface area contributed by atoms with Gasteiger partial charge in [0.1, 0.15) is 0 Å². The van der Waals surface area contributed by atoms with E-state index in [4.69, 9.17) is 5.11 Å². The summed E-state index contributed by atoms with van der Waals surface area (Å²) in [4.78, 5) is 10.5. The van der Waals surface area contributed by atoms with Crippen LogP contribution in [0.5, 0.6) is 0 Å². The lowest BCUT2D eigenvalue weighted by molar-refractivity contribution is 0.0697. The van der Waals surface area contributed by atoms with E-state index in [1.165, 1.54) is 12.1 Å². The fourth-order valence-electron chi connectivity index (χ4n) is 0.785. The third kappa shape index (κ3) is 2.21. The van der Waals surface area contributed by atoms with Crippen LogP contribution in [-0.2, 0) is 0 Å². The van der Waals surface area contributed by atoms with Gasteiger partial charge in [-0.2, -0.15) is 4.45 Å². The quantitative estimate of drug-likeness (QED) is 0.546. The summed E-state index contributed by atoms with van der Waals surface area (Å²) < 4.78 is 2.52. The van der Waals surface area contributed by atoms with E-state index >= 15 is 0 Å². The summed E-state index contributed by atoms with van der Waals surface area (Å²) in [5.41, 5.74) is 3.65. The Labute approximate surface area is 77.9 Å². The third-order valence-corrected chi connectivity index (χ3v) is 1.50. The predicted octanol–water partition coefficient (Wildman–Crippen LogP) is 1.61. The Morgan fingerprint density at radius 3 is 2.83 bits per heavy atom. The number of carboxylic acid groups (broad SMARTS) is 1. The topological polar surface area (TPSA) is 61.4 Å². The van der Waals surface area contributed by atoms with Crippen LogP contribution >= 0.6 is 16.1 Å². The Bertz CT molecular complexity index is 290. The summed E-state index contributed by atoms with van der Waals surface area (Å²) in [6, 6.07) is 6.47. The van der Waals surface area contributed by atoms with Gasteiger partial charge in [-0.25, -0.2) is 4.79 Å². The first-order valence-corrected chi connectivity index (χ1v) is 3.98. The molecule has 64 valence electrons. The highest BCUT2D eigenvalue weighted by atomic mass is 79.9. The zero-order chi connectivity index (χ0) is 8.97. The lowest BCUT2D eigenvalue weighted by atomic mass is 10.2. The van der Waals surface area contributed by atoms with E-state index in [0.29, 0.717) is 5.69 Å². The standard InChI is InChI=1S/C7H7BrN2O2/c8-10-9-6-3-1-2-5(4-6)7(11)12/h1-4,9-10H,(H,11,12). The summed E-state index contributed by atoms with van der Waals surface area (Å²) in [7, 11) is 0. The Kier molecular flexibility index (Phi) is 3.07. The molecule has 0 spiro atoms. The smallest absolute Gasteiger partial charge is 0.335 e. The van der Waals surface area contributed by atoms with Crippen LogP contribution in [-0.4, -0.2) is 11.1 Å². The SMILES string of the molecule is O=C(O)c1cccc(NNBr)c1. The maximum absolute atomic E-state index is 10.5. The molecule has 0 atom stereocenters. The molecular formula is C7H7BrN2O2. The number of rotatable bonds is 3. The van der Waals surface area contributed by atoms with E-state index in [1.54, 1.807) is 12.1 Å². The van der Waals surface area contributed by atoms with Crippen LogP contribution in [0.1, 0.15) is 10.4 Å². The molecule has 1 rings (SSSR count). The number of aromatic carboxylic acids is 1. The van der Waals surface area contributed by atoms with Crippen LogP contribution in [0, 0.1) is 0 Å². The number of halogens is 1. The first kappa shape index (κ1) is 9.02. The van der Waals surface area contributed by atoms with Gasteiger partial charge in [0.25, 0.3) is 0 Å². The van der Waals surface area contributed by atoms with E-state index in [0.717, 1.165) is 0 Å². The Morgan fingerprint density at radius 1 is 1.50 bits per heavy atom. The number of hydrogen-bond acceptors (Lipinski definition) is 3. The summed E-state index contributed by atoms with van der Waals surface area (Å²) in [5, 5.41) is 8.62. The highest BCUT2D eigenvalue weighted by Gasteiger charge is 2.01. The van der Waals surface area contributed by atoms with E-state index < -0.39 is 5.97 Å². The second-order valence-corrected chi connectivity index (χ2v) is 2.50. The van der Waals surface area contributed by atoms with Crippen molar-refractivity contribution in [1.82, 2.24) is 4.45 Å². The Morgan fingerprint density at radius 2 is 2.25 bits per heavy atom. The van der Waals surface area contributed by atoms with Crippen molar-refractivity contribution in [3.8, 4) is 0 Å². The number of nitrogens with one attached hydrogen (secondary N) is 2. The van der Waals surface area contributed by atoms with Crippen LogP contribution in [0.3, 0.4) is 0 Å². The van der Waals surface area contributed by atoms with Gasteiger partial charge in [-0.05, 0) is 18.2 Å². The van der Waals surface area contributed by atoms with Crippen LogP contribution in [0.15, 0.2) is 24.3 Å². The van der Waals surface area contributed by atoms with Crippen molar-refractivity contribution in [2.45, 2.75) is 0 Å². The molecule has 0 aliphatic carbocycles. The van der Waals surface area contributed by atoms with Gasteiger partial charge in [0, 0.05) is 16.1 Å². The molecule has 1 aromatic carbocycles. The van der Waals surface area contributed by atoms with Gasteiger partial charge in [-0.15, -0.1) is 0 Å². The van der Waals surface area contributed by atoms with E-state index in [9.17, 15) is 4.79 Å². The zero-order valence-electron chi connectivity index (χ0n) is 6.04. The lowest BCUT2D eigenvalue weighted by Gasteiger charge is -2.02. The maximum atomic E-state index is 10.5. The molecule has 0 saturated carbocycles. The van der Waals surface area contributed by atoms with Gasteiger partial charge < -0.3 is 10.5 Å². The molecule has 12 heavy (non-hydrogen) atoms. The summed E-state index contributed by atoms with van der Waals surface area (Å²) in [6.45, 7) is 0. The van der Waals surface area contributed by atoms with Crippen molar-refractivity contribution in [1.29, 1.82) is 0 Å². The van der Waals surface area contributed by atoms with Gasteiger partial charge in [-0.3, -0.25) is 0 Å². The van der Waals surface area contributed by atoms with Crippen LogP contribution in [0.2, 0.25) is 0 Å². The number of carbonyl (C=O) groups is 1. The second kappa shape index (κ2) is 4.08. The van der Waals surface area contributed by atoms with E-state index in [-0.39, 0.29) is 5.56 Å². The fourth-order valence-corrected chi connectivity index (χ4v) is 1.01. The molecule has 0 fully saturated rings. The number of anilines is 1. The molecule has 5 heteroatoms. The van der Waals surface area contributed by atoms with Crippen molar-refractivity contribution in [3.05, 3.63) is 29.8 Å². The minimum atomic E-state index is -0.937. The fraction of sp³-hybridized carbons (Fsp3) is 0. The van der Waals surface area contributed by atoms with Crippen LogP contribution in [0.4, 0.5) is 5.69 Å². The second-order valence-electron chi connectivity index (χ2n) is 2.11. The normalized spacial score (nSPS) is 9.42. The molecule has 0 aromatic heterocycles. The molecule has 0 bridgehead atoms. The minimum absolute atomic E-state index is 0.253. The van der Waals surface area contributed by atoms with Crippen molar-refractivity contribution < 1.29 is 9.90 Å². The monoisotopic (exact) mass is 230 g/mol. The zero-order valence-corrected chi connectivity index (χ0v) is 7.63. The molecule has 0 aliphatic heterocycles. The number of benzene rings is 1. The van der Waals surface area contributed by atoms with Gasteiger partial charge in [-0.1, -0.05) is 6.07 Å². The van der Waals surface area contributed by atoms with Gasteiger partial charge in [0.15, 0.2) is 0 Å². The van der Waals surface area contributed by atoms with Crippen LogP contribution in [0.25, 0.3) is 0 Å². The van der Waals surface area contributed by atoms with E-state index in [1.807, 2.05) is 0 Å². The average Bonchev–Trinajstić information content (AvgIpc) is 2.05. The third-order valence-electron chi connectivity index (χ3n) is 1.30. The maximum Gasteiger partial charge on any atom is 0.335 e. The van der Waals surface area contributed by atoms with Crippen molar-refractivity contribution in [2.75, 3.05) is 5.43 Å². The molecular weight excluding hydrogens is 224 g/mol. The molecule has 3 N–H and O–H groups in total. The molecule has 0 amide bonds. The molecule has 0 radical (unpaired) electrons. The highest BCUT2D eigenvalue weighted by molar-refractivity contribution is 9.08. The van der Waals surface area contributed by atoms with E-state index in [2.05, 4.69) is 26.0 Å². The highest BCUT2D eigenvalue weighted by Crippen LogP contribution is 2.09. The summed E-state index contributed by atoms with van der Waals surface area (Å²) >= 11 is 2.94. The predicted molar refractivity (Wildman–Crippen MR) is 49.1 cm³/mol. The lowest BCUT2D eigenvalue weighted by Crippen LogP contribution is -2.08. The number of carboxylic acids is 1.